The van der Waals surface area contributed by atoms with Crippen LogP contribution in [0.3, 0.4) is 0 Å². The summed E-state index contributed by atoms with van der Waals surface area (Å²) < 4.78 is 5.62. The molecule has 2 amide bonds. The van der Waals surface area contributed by atoms with Gasteiger partial charge in [-0.15, -0.1) is 0 Å². The van der Waals surface area contributed by atoms with Crippen LogP contribution in [0.5, 0.6) is 0 Å². The second kappa shape index (κ2) is 7.58. The first-order chi connectivity index (χ1) is 13.2. The van der Waals surface area contributed by atoms with E-state index in [0.717, 1.165) is 0 Å². The van der Waals surface area contributed by atoms with Gasteiger partial charge in [0.15, 0.2) is 0 Å². The minimum absolute atomic E-state index is 0.124. The zero-order valence-electron chi connectivity index (χ0n) is 17.0. The Morgan fingerprint density at radius 3 is 2.46 bits per heavy atom. The lowest BCUT2D eigenvalue weighted by Crippen LogP contribution is -2.42. The maximum Gasteiger partial charge on any atom is 0.415 e. The van der Waals surface area contributed by atoms with Crippen LogP contribution >= 0.6 is 0 Å². The number of amides is 2. The topological polar surface area (TPSA) is 75.6 Å². The summed E-state index contributed by atoms with van der Waals surface area (Å²) in [7, 11) is 0. The Hall–Kier alpha value is -2.96. The van der Waals surface area contributed by atoms with Gasteiger partial charge in [-0.05, 0) is 59.2 Å². The first-order valence-corrected chi connectivity index (χ1v) is 9.40. The number of hydrogen-bond acceptors (Lipinski definition) is 5. The summed E-state index contributed by atoms with van der Waals surface area (Å²) in [4.78, 5) is 37.7. The molecule has 0 saturated heterocycles. The van der Waals surface area contributed by atoms with E-state index in [1.54, 1.807) is 29.0 Å². The van der Waals surface area contributed by atoms with E-state index >= 15 is 0 Å². The number of aromatic nitrogens is 2. The number of ether oxygens (including phenoxy) is 1. The van der Waals surface area contributed by atoms with Gasteiger partial charge in [0, 0.05) is 18.8 Å². The fraction of sp³-hybridized carbons (Fsp3) is 0.429. The fourth-order valence-corrected chi connectivity index (χ4v) is 3.21. The lowest BCUT2D eigenvalue weighted by molar-refractivity contribution is 0.0568. The summed E-state index contributed by atoms with van der Waals surface area (Å²) >= 11 is 0. The zero-order chi connectivity index (χ0) is 20.5. The number of carbonyl (C=O) groups is 2. The molecule has 148 valence electrons. The molecule has 28 heavy (non-hydrogen) atoms. The minimum Gasteiger partial charge on any atom is -0.443 e. The Balaban J connectivity index is 2.02. The van der Waals surface area contributed by atoms with Gasteiger partial charge in [-0.2, -0.15) is 0 Å². The van der Waals surface area contributed by atoms with Crippen molar-refractivity contribution < 1.29 is 14.3 Å². The van der Waals surface area contributed by atoms with Crippen LogP contribution in [-0.2, 0) is 4.74 Å². The van der Waals surface area contributed by atoms with Crippen molar-refractivity contribution in [2.45, 2.75) is 52.7 Å². The van der Waals surface area contributed by atoms with Crippen molar-refractivity contribution in [3.8, 4) is 0 Å². The van der Waals surface area contributed by atoms with Gasteiger partial charge in [0.2, 0.25) is 0 Å². The average molecular weight is 382 g/mol. The summed E-state index contributed by atoms with van der Waals surface area (Å²) in [5, 5.41) is 0. The quantitative estimate of drug-likeness (QED) is 0.746. The minimum atomic E-state index is -0.605. The molecule has 1 aliphatic heterocycles. The van der Waals surface area contributed by atoms with Crippen molar-refractivity contribution in [1.82, 2.24) is 9.97 Å². The van der Waals surface area contributed by atoms with Gasteiger partial charge in [0.05, 0.1) is 11.4 Å². The van der Waals surface area contributed by atoms with Crippen LogP contribution in [0.2, 0.25) is 0 Å². The van der Waals surface area contributed by atoms with E-state index in [4.69, 9.17) is 4.74 Å². The highest BCUT2D eigenvalue weighted by Gasteiger charge is 2.34. The van der Waals surface area contributed by atoms with E-state index in [9.17, 15) is 9.59 Å². The predicted octanol–water partition coefficient (Wildman–Crippen LogP) is 3.97. The van der Waals surface area contributed by atoms with Crippen LogP contribution in [0.1, 0.15) is 50.4 Å². The third-order valence-corrected chi connectivity index (χ3v) is 4.47. The highest BCUT2D eigenvalue weighted by atomic mass is 16.6. The second-order valence-electron chi connectivity index (χ2n) is 7.92. The number of nitrogens with zero attached hydrogens (tertiary/aromatic N) is 4. The number of carbonyl (C=O) groups excluding carboxylic acids is 2. The smallest absolute Gasteiger partial charge is 0.415 e. The number of hydrogen-bond donors (Lipinski definition) is 0. The molecule has 7 nitrogen and oxygen atoms in total. The highest BCUT2D eigenvalue weighted by Crippen LogP contribution is 2.36. The van der Waals surface area contributed by atoms with Crippen molar-refractivity contribution in [2.75, 3.05) is 16.3 Å². The Labute approximate surface area is 165 Å². The third kappa shape index (κ3) is 4.13. The maximum absolute atomic E-state index is 13.2. The van der Waals surface area contributed by atoms with Gasteiger partial charge in [-0.3, -0.25) is 9.69 Å². The molecule has 1 atom stereocenters. The predicted molar refractivity (Wildman–Crippen MR) is 108 cm³/mol. The lowest BCUT2D eigenvalue weighted by atomic mass is 10.2. The summed E-state index contributed by atoms with van der Waals surface area (Å²) in [6.45, 7) is 9.70. The molecule has 0 unspecified atom stereocenters. The molecular formula is C21H26N4O3. The number of anilines is 2. The summed E-state index contributed by atoms with van der Waals surface area (Å²) in [6.07, 6.45) is 1.78. The summed E-state index contributed by atoms with van der Waals surface area (Å²) in [5.74, 6) is 0.328. The number of rotatable bonds is 1. The zero-order valence-corrected chi connectivity index (χ0v) is 17.0. The standard InChI is InChI=1S/C21H26N4O3/c1-14-11-13-24(19(26)16-10-12-22-15(2)23-16)17-8-6-7-9-18(17)25(14)20(27)28-21(3,4)5/h6-10,12,14H,11,13H2,1-5H3/t14-/m1/s1. The third-order valence-electron chi connectivity index (χ3n) is 4.47. The number of aryl methyl sites for hydroxylation is 1. The molecule has 2 aromatic rings. The molecule has 0 aliphatic carbocycles. The normalized spacial score (nSPS) is 17.0. The van der Waals surface area contributed by atoms with Crippen LogP contribution in [0, 0.1) is 6.92 Å². The molecule has 2 heterocycles. The Morgan fingerprint density at radius 1 is 1.14 bits per heavy atom. The maximum atomic E-state index is 13.2. The molecule has 0 saturated carbocycles. The largest absolute Gasteiger partial charge is 0.443 e. The van der Waals surface area contributed by atoms with E-state index in [1.165, 1.54) is 0 Å². The van der Waals surface area contributed by atoms with Crippen LogP contribution in [0.25, 0.3) is 0 Å². The first-order valence-electron chi connectivity index (χ1n) is 9.40. The van der Waals surface area contributed by atoms with Gasteiger partial charge in [-0.25, -0.2) is 14.8 Å². The summed E-state index contributed by atoms with van der Waals surface area (Å²) in [5.41, 5.74) is 1.05. The Bertz CT molecular complexity index is 891. The van der Waals surface area contributed by atoms with E-state index < -0.39 is 11.7 Å². The Kier molecular flexibility index (Phi) is 5.36. The van der Waals surface area contributed by atoms with Crippen molar-refractivity contribution in [3.05, 3.63) is 48.0 Å². The van der Waals surface area contributed by atoms with Crippen molar-refractivity contribution in [1.29, 1.82) is 0 Å². The van der Waals surface area contributed by atoms with E-state index in [1.807, 2.05) is 52.0 Å². The van der Waals surface area contributed by atoms with E-state index in [-0.39, 0.29) is 11.9 Å². The molecule has 0 radical (unpaired) electrons. The van der Waals surface area contributed by atoms with Gasteiger partial charge >= 0.3 is 6.09 Å². The fourth-order valence-electron chi connectivity index (χ4n) is 3.21. The molecule has 1 aliphatic rings. The molecule has 0 N–H and O–H groups in total. The molecule has 0 bridgehead atoms. The molecule has 3 rings (SSSR count). The molecule has 1 aromatic carbocycles. The molecule has 1 aromatic heterocycles. The molecule has 0 fully saturated rings. The van der Waals surface area contributed by atoms with Crippen molar-refractivity contribution in [3.63, 3.8) is 0 Å². The number of benzene rings is 1. The van der Waals surface area contributed by atoms with E-state index in [0.29, 0.717) is 35.9 Å². The monoisotopic (exact) mass is 382 g/mol. The first kappa shape index (κ1) is 19.8. The van der Waals surface area contributed by atoms with Crippen molar-refractivity contribution >= 4 is 23.4 Å². The van der Waals surface area contributed by atoms with Crippen LogP contribution in [0.4, 0.5) is 16.2 Å². The van der Waals surface area contributed by atoms with Gasteiger partial charge in [0.25, 0.3) is 5.91 Å². The Morgan fingerprint density at radius 2 is 1.82 bits per heavy atom. The van der Waals surface area contributed by atoms with Gasteiger partial charge < -0.3 is 9.64 Å². The molecule has 0 spiro atoms. The number of fused-ring (bicyclic) bond motifs is 1. The lowest BCUT2D eigenvalue weighted by Gasteiger charge is -2.31. The number of para-hydroxylation sites is 2. The SMILES string of the molecule is Cc1nccc(C(=O)N2CC[C@@H](C)N(C(=O)OC(C)(C)C)c3ccccc32)n1. The van der Waals surface area contributed by atoms with Crippen LogP contribution in [0.15, 0.2) is 36.5 Å². The van der Waals surface area contributed by atoms with Gasteiger partial charge in [0.1, 0.15) is 17.1 Å². The summed E-state index contributed by atoms with van der Waals surface area (Å²) in [6, 6.07) is 8.88. The van der Waals surface area contributed by atoms with Crippen LogP contribution < -0.4 is 9.80 Å². The average Bonchev–Trinajstić information content (AvgIpc) is 2.75. The van der Waals surface area contributed by atoms with E-state index in [2.05, 4.69) is 9.97 Å². The van der Waals surface area contributed by atoms with Crippen LogP contribution in [-0.4, -0.2) is 40.2 Å². The highest BCUT2D eigenvalue weighted by molar-refractivity contribution is 6.08. The van der Waals surface area contributed by atoms with Gasteiger partial charge in [-0.1, -0.05) is 12.1 Å². The second-order valence-corrected chi connectivity index (χ2v) is 7.92. The van der Waals surface area contributed by atoms with Crippen molar-refractivity contribution in [2.24, 2.45) is 0 Å². The molecular weight excluding hydrogens is 356 g/mol. The molecule has 7 heteroatoms.